The molecule has 3 atom stereocenters. The van der Waals surface area contributed by atoms with E-state index in [0.717, 1.165) is 5.75 Å². The number of allylic oxidation sites excluding steroid dienone is 1. The van der Waals surface area contributed by atoms with E-state index < -0.39 is 18.0 Å². The fraction of sp³-hybridized carbons (Fsp3) is 0.400. The standard InChI is InChI=1S/C25H28Cl2N2O4/c1-5-17(14-22(26)27)24(16(3)4)25(30)33-21(15-28)20-8-7-9-23(29-20)32-19-12-10-18(11-13-19)31-6-2/h7-14,16-17,21,24H,5-6H2,1-4H3. The zero-order valence-corrected chi connectivity index (χ0v) is 20.6. The smallest absolute Gasteiger partial charge is 0.311 e. The molecule has 8 heteroatoms. The molecule has 2 aromatic rings. The van der Waals surface area contributed by atoms with Gasteiger partial charge in [0.1, 0.15) is 22.1 Å². The van der Waals surface area contributed by atoms with E-state index in [9.17, 15) is 10.1 Å². The van der Waals surface area contributed by atoms with Crippen molar-refractivity contribution in [2.24, 2.45) is 17.8 Å². The summed E-state index contributed by atoms with van der Waals surface area (Å²) in [6.45, 7) is 8.24. The van der Waals surface area contributed by atoms with E-state index in [1.165, 1.54) is 0 Å². The third-order valence-corrected chi connectivity index (χ3v) is 5.24. The molecule has 0 fully saturated rings. The van der Waals surface area contributed by atoms with Gasteiger partial charge in [-0.05, 0) is 55.5 Å². The zero-order valence-electron chi connectivity index (χ0n) is 19.1. The number of esters is 1. The van der Waals surface area contributed by atoms with Crippen LogP contribution >= 0.6 is 23.2 Å². The van der Waals surface area contributed by atoms with Gasteiger partial charge in [-0.1, -0.05) is 56.1 Å². The summed E-state index contributed by atoms with van der Waals surface area (Å²) in [7, 11) is 0. The highest BCUT2D eigenvalue weighted by molar-refractivity contribution is 6.55. The quantitative estimate of drug-likeness (QED) is 0.315. The number of hydrogen-bond acceptors (Lipinski definition) is 6. The first-order chi connectivity index (χ1) is 15.8. The molecule has 33 heavy (non-hydrogen) atoms. The minimum atomic E-state index is -1.18. The molecule has 1 heterocycles. The Morgan fingerprint density at radius 3 is 2.33 bits per heavy atom. The molecule has 0 amide bonds. The Bertz CT molecular complexity index is 983. The van der Waals surface area contributed by atoms with Crippen molar-refractivity contribution in [3.05, 3.63) is 58.7 Å². The molecule has 6 nitrogen and oxygen atoms in total. The molecule has 3 unspecified atom stereocenters. The number of carbonyl (C=O) groups excluding carboxylic acids is 1. The molecule has 0 bridgehead atoms. The summed E-state index contributed by atoms with van der Waals surface area (Å²) >= 11 is 11.7. The molecular formula is C25H28Cl2N2O4. The first-order valence-corrected chi connectivity index (χ1v) is 11.5. The van der Waals surface area contributed by atoms with Gasteiger partial charge >= 0.3 is 5.97 Å². The monoisotopic (exact) mass is 490 g/mol. The molecule has 0 spiro atoms. The van der Waals surface area contributed by atoms with Crippen molar-refractivity contribution in [1.82, 2.24) is 4.98 Å². The second-order valence-corrected chi connectivity index (χ2v) is 8.66. The van der Waals surface area contributed by atoms with E-state index in [4.69, 9.17) is 37.4 Å². The van der Waals surface area contributed by atoms with Gasteiger partial charge in [-0.2, -0.15) is 5.26 Å². The molecule has 2 rings (SSSR count). The molecule has 176 valence electrons. The molecule has 0 N–H and O–H groups in total. The summed E-state index contributed by atoms with van der Waals surface area (Å²) in [4.78, 5) is 17.4. The molecule has 0 aliphatic heterocycles. The topological polar surface area (TPSA) is 81.4 Å². The van der Waals surface area contributed by atoms with Crippen LogP contribution in [0, 0.1) is 29.1 Å². The number of benzene rings is 1. The summed E-state index contributed by atoms with van der Waals surface area (Å²) in [5.74, 6) is 0.284. The summed E-state index contributed by atoms with van der Waals surface area (Å²) in [6, 6.07) is 14.1. The first-order valence-electron chi connectivity index (χ1n) is 10.8. The van der Waals surface area contributed by atoms with Crippen LogP contribution in [0.15, 0.2) is 53.0 Å². The second kappa shape index (κ2) is 13.1. The summed E-state index contributed by atoms with van der Waals surface area (Å²) in [5, 5.41) is 9.68. The van der Waals surface area contributed by atoms with Crippen LogP contribution in [0.2, 0.25) is 0 Å². The number of ether oxygens (including phenoxy) is 3. The van der Waals surface area contributed by atoms with E-state index >= 15 is 0 Å². The largest absolute Gasteiger partial charge is 0.494 e. The Morgan fingerprint density at radius 1 is 1.12 bits per heavy atom. The number of hydrogen-bond donors (Lipinski definition) is 0. The minimum Gasteiger partial charge on any atom is -0.494 e. The predicted octanol–water partition coefficient (Wildman–Crippen LogP) is 7.00. The number of nitrogens with zero attached hydrogens (tertiary/aromatic N) is 2. The minimum absolute atomic E-state index is 0.0481. The number of nitriles is 1. The number of rotatable bonds is 11. The van der Waals surface area contributed by atoms with Crippen molar-refractivity contribution < 1.29 is 19.0 Å². The molecule has 0 saturated carbocycles. The van der Waals surface area contributed by atoms with Crippen molar-refractivity contribution >= 4 is 29.2 Å². The van der Waals surface area contributed by atoms with Gasteiger partial charge in [0.05, 0.1) is 18.2 Å². The lowest BCUT2D eigenvalue weighted by atomic mass is 9.82. The average molecular weight is 491 g/mol. The number of carbonyl (C=O) groups is 1. The van der Waals surface area contributed by atoms with E-state index in [2.05, 4.69) is 4.98 Å². The van der Waals surface area contributed by atoms with E-state index in [-0.39, 0.29) is 27.9 Å². The highest BCUT2D eigenvalue weighted by atomic mass is 35.5. The Balaban J connectivity index is 2.18. The van der Waals surface area contributed by atoms with Gasteiger partial charge in [-0.25, -0.2) is 4.98 Å². The Kier molecular flexibility index (Phi) is 10.5. The highest BCUT2D eigenvalue weighted by Crippen LogP contribution is 2.31. The third-order valence-electron chi connectivity index (χ3n) is 4.99. The lowest BCUT2D eigenvalue weighted by molar-refractivity contribution is -0.155. The zero-order chi connectivity index (χ0) is 24.4. The van der Waals surface area contributed by atoms with Crippen LogP contribution in [0.25, 0.3) is 0 Å². The average Bonchev–Trinajstić information content (AvgIpc) is 2.78. The highest BCUT2D eigenvalue weighted by Gasteiger charge is 2.33. The Labute approximate surface area is 205 Å². The van der Waals surface area contributed by atoms with Crippen LogP contribution in [0.3, 0.4) is 0 Å². The molecule has 0 saturated heterocycles. The SMILES string of the molecule is CCOc1ccc(Oc2cccc(C(C#N)OC(=O)C(C(C)C)C(C=C(Cl)Cl)CC)n2)cc1. The van der Waals surface area contributed by atoms with Gasteiger partial charge in [-0.3, -0.25) is 4.79 Å². The number of aromatic nitrogens is 1. The lowest BCUT2D eigenvalue weighted by Gasteiger charge is -2.26. The van der Waals surface area contributed by atoms with Crippen molar-refractivity contribution in [1.29, 1.82) is 5.26 Å². The second-order valence-electron chi connectivity index (χ2n) is 7.65. The van der Waals surface area contributed by atoms with Crippen LogP contribution in [-0.2, 0) is 9.53 Å². The Hall–Kier alpha value is -2.75. The predicted molar refractivity (Wildman–Crippen MR) is 128 cm³/mol. The molecule has 0 aliphatic rings. The fourth-order valence-corrected chi connectivity index (χ4v) is 3.77. The van der Waals surface area contributed by atoms with Crippen molar-refractivity contribution in [3.8, 4) is 23.4 Å². The van der Waals surface area contributed by atoms with Crippen LogP contribution in [0.1, 0.15) is 45.9 Å². The molecule has 0 aliphatic carbocycles. The van der Waals surface area contributed by atoms with E-state index in [1.54, 1.807) is 48.5 Å². The van der Waals surface area contributed by atoms with Crippen molar-refractivity contribution in [3.63, 3.8) is 0 Å². The van der Waals surface area contributed by atoms with E-state index in [1.807, 2.05) is 33.8 Å². The van der Waals surface area contributed by atoms with Crippen molar-refractivity contribution in [2.75, 3.05) is 6.61 Å². The van der Waals surface area contributed by atoms with Gasteiger partial charge in [0.2, 0.25) is 12.0 Å². The maximum atomic E-state index is 13.0. The summed E-state index contributed by atoms with van der Waals surface area (Å²) in [6.07, 6.45) is 1.09. The van der Waals surface area contributed by atoms with Gasteiger partial charge in [0.25, 0.3) is 0 Å². The normalized spacial score (nSPS) is 13.4. The number of halogens is 2. The van der Waals surface area contributed by atoms with E-state index in [0.29, 0.717) is 18.8 Å². The first kappa shape index (κ1) is 26.5. The van der Waals surface area contributed by atoms with Gasteiger partial charge in [0.15, 0.2) is 0 Å². The molecule has 0 radical (unpaired) electrons. The number of pyridine rings is 1. The summed E-state index contributed by atoms with van der Waals surface area (Å²) in [5.41, 5.74) is 0.274. The van der Waals surface area contributed by atoms with Crippen LogP contribution < -0.4 is 9.47 Å². The van der Waals surface area contributed by atoms with Gasteiger partial charge in [0, 0.05) is 6.07 Å². The maximum absolute atomic E-state index is 13.0. The van der Waals surface area contributed by atoms with Gasteiger partial charge in [-0.15, -0.1) is 0 Å². The summed E-state index contributed by atoms with van der Waals surface area (Å²) < 4.78 is 16.9. The van der Waals surface area contributed by atoms with Crippen LogP contribution in [0.5, 0.6) is 17.4 Å². The third kappa shape index (κ3) is 7.96. The fourth-order valence-electron chi connectivity index (χ4n) is 3.45. The molecule has 1 aromatic carbocycles. The van der Waals surface area contributed by atoms with Crippen molar-refractivity contribution in [2.45, 2.75) is 40.2 Å². The molecular weight excluding hydrogens is 463 g/mol. The lowest BCUT2D eigenvalue weighted by Crippen LogP contribution is -2.30. The van der Waals surface area contributed by atoms with Gasteiger partial charge < -0.3 is 14.2 Å². The van der Waals surface area contributed by atoms with Crippen LogP contribution in [0.4, 0.5) is 0 Å². The Morgan fingerprint density at radius 2 is 1.79 bits per heavy atom. The molecule has 1 aromatic heterocycles. The van der Waals surface area contributed by atoms with Crippen LogP contribution in [-0.4, -0.2) is 17.6 Å². The maximum Gasteiger partial charge on any atom is 0.311 e.